The number of pyridine rings is 1. The van der Waals surface area contributed by atoms with Crippen molar-refractivity contribution in [3.63, 3.8) is 0 Å². The van der Waals surface area contributed by atoms with Crippen LogP contribution in [0.15, 0.2) is 65.5 Å². The largest absolute Gasteiger partial charge is 0.494 e. The minimum absolute atomic E-state index is 0.0502. The first kappa shape index (κ1) is 31.4. The Bertz CT molecular complexity index is 1280. The quantitative estimate of drug-likeness (QED) is 0.125. The number of carbonyl (C=O) groups excluding carboxylic acids is 1. The Balaban J connectivity index is 1.10. The van der Waals surface area contributed by atoms with Crippen molar-refractivity contribution in [3.05, 3.63) is 76.8 Å². The predicted octanol–water partition coefficient (Wildman–Crippen LogP) is 5.65. The van der Waals surface area contributed by atoms with Gasteiger partial charge in [-0.15, -0.1) is 0 Å². The van der Waals surface area contributed by atoms with Gasteiger partial charge in [-0.3, -0.25) is 9.69 Å². The molecule has 3 aromatic rings. The van der Waals surface area contributed by atoms with Crippen LogP contribution in [0.5, 0.6) is 5.75 Å². The number of nitrogen functional groups attached to an aromatic ring is 1. The second-order valence-corrected chi connectivity index (χ2v) is 11.3. The van der Waals surface area contributed by atoms with Gasteiger partial charge in [0.1, 0.15) is 28.3 Å². The third-order valence-corrected chi connectivity index (χ3v) is 7.77. The first-order chi connectivity index (χ1) is 20.5. The third-order valence-electron chi connectivity index (χ3n) is 7.33. The standard InChI is InChI=1S/C32H42BrN7O2/c1-2-8-28(38-32(41)16-13-26-9-7-10-29(33)37-26)25-11-14-27(15-12-25)42-22-6-4-3-5-17-39-18-20-40(21-19-39)31-23-30(34)35-24-36-31/h7,9-16,23-24,28H,2-6,8,17-22H2,1H3,(H,38,41)(H2,34,35,36)/b16-13+. The number of aromatic nitrogens is 3. The van der Waals surface area contributed by atoms with E-state index in [-0.39, 0.29) is 11.9 Å². The predicted molar refractivity (Wildman–Crippen MR) is 172 cm³/mol. The molecular formula is C32H42BrN7O2. The Morgan fingerprint density at radius 1 is 1.07 bits per heavy atom. The van der Waals surface area contributed by atoms with Crippen molar-refractivity contribution < 1.29 is 9.53 Å². The number of amides is 1. The fourth-order valence-corrected chi connectivity index (χ4v) is 5.38. The summed E-state index contributed by atoms with van der Waals surface area (Å²) in [6.45, 7) is 8.00. The highest BCUT2D eigenvalue weighted by Crippen LogP contribution is 2.22. The summed E-state index contributed by atoms with van der Waals surface area (Å²) in [5.41, 5.74) is 7.60. The van der Waals surface area contributed by atoms with E-state index in [9.17, 15) is 4.79 Å². The van der Waals surface area contributed by atoms with Gasteiger partial charge < -0.3 is 20.7 Å². The summed E-state index contributed by atoms with van der Waals surface area (Å²) < 4.78 is 6.73. The molecule has 1 aromatic carbocycles. The summed E-state index contributed by atoms with van der Waals surface area (Å²) in [7, 11) is 0. The highest BCUT2D eigenvalue weighted by molar-refractivity contribution is 9.10. The van der Waals surface area contributed by atoms with Crippen LogP contribution in [0.3, 0.4) is 0 Å². The maximum absolute atomic E-state index is 12.6. The summed E-state index contributed by atoms with van der Waals surface area (Å²) in [6.07, 6.45) is 11.2. The zero-order chi connectivity index (χ0) is 29.6. The summed E-state index contributed by atoms with van der Waals surface area (Å²) in [6, 6.07) is 15.5. The van der Waals surface area contributed by atoms with Gasteiger partial charge in [0.25, 0.3) is 0 Å². The molecule has 1 aliphatic heterocycles. The number of carbonyl (C=O) groups is 1. The topological polar surface area (TPSA) is 110 Å². The van der Waals surface area contributed by atoms with Crippen molar-refractivity contribution in [1.82, 2.24) is 25.2 Å². The Morgan fingerprint density at radius 3 is 2.60 bits per heavy atom. The van der Waals surface area contributed by atoms with E-state index in [1.54, 1.807) is 6.08 Å². The van der Waals surface area contributed by atoms with Gasteiger partial charge >= 0.3 is 0 Å². The Hall–Kier alpha value is -3.50. The van der Waals surface area contributed by atoms with E-state index in [1.807, 2.05) is 36.4 Å². The highest BCUT2D eigenvalue weighted by Gasteiger charge is 2.18. The molecule has 1 saturated heterocycles. The van der Waals surface area contributed by atoms with Crippen molar-refractivity contribution in [1.29, 1.82) is 0 Å². The van der Waals surface area contributed by atoms with Gasteiger partial charge in [0.15, 0.2) is 0 Å². The van der Waals surface area contributed by atoms with Gasteiger partial charge in [-0.1, -0.05) is 44.4 Å². The molecule has 42 heavy (non-hydrogen) atoms. The van der Waals surface area contributed by atoms with E-state index < -0.39 is 0 Å². The van der Waals surface area contributed by atoms with Gasteiger partial charge in [-0.05, 0) is 77.6 Å². The van der Waals surface area contributed by atoms with E-state index in [4.69, 9.17) is 10.5 Å². The van der Waals surface area contributed by atoms with E-state index >= 15 is 0 Å². The van der Waals surface area contributed by atoms with Crippen LogP contribution in [-0.4, -0.2) is 65.1 Å². The van der Waals surface area contributed by atoms with Gasteiger partial charge in [-0.25, -0.2) is 15.0 Å². The number of nitrogens with two attached hydrogens (primary N) is 1. The molecule has 4 rings (SSSR count). The summed E-state index contributed by atoms with van der Waals surface area (Å²) in [5.74, 6) is 2.17. The molecule has 1 amide bonds. The van der Waals surface area contributed by atoms with Crippen LogP contribution in [0.1, 0.15) is 62.7 Å². The lowest BCUT2D eigenvalue weighted by atomic mass is 10.0. The van der Waals surface area contributed by atoms with Crippen LogP contribution in [0, 0.1) is 0 Å². The molecule has 3 heterocycles. The van der Waals surface area contributed by atoms with Crippen LogP contribution in [-0.2, 0) is 4.79 Å². The molecule has 9 nitrogen and oxygen atoms in total. The number of nitrogens with zero attached hydrogens (tertiary/aromatic N) is 5. The zero-order valence-corrected chi connectivity index (χ0v) is 26.0. The van der Waals surface area contributed by atoms with Crippen LogP contribution < -0.4 is 20.7 Å². The van der Waals surface area contributed by atoms with E-state index in [0.29, 0.717) is 12.4 Å². The average Bonchev–Trinajstić information content (AvgIpc) is 3.00. The number of rotatable bonds is 15. The molecule has 1 atom stereocenters. The molecule has 10 heteroatoms. The molecule has 0 saturated carbocycles. The number of piperazine rings is 1. The van der Waals surface area contributed by atoms with Gasteiger partial charge in [0.2, 0.25) is 5.91 Å². The second-order valence-electron chi connectivity index (χ2n) is 10.5. The number of unbranched alkanes of at least 4 members (excludes halogenated alkanes) is 3. The number of ether oxygens (including phenoxy) is 1. The van der Waals surface area contributed by atoms with Gasteiger partial charge in [0.05, 0.1) is 18.3 Å². The smallest absolute Gasteiger partial charge is 0.244 e. The van der Waals surface area contributed by atoms with Crippen molar-refractivity contribution >= 4 is 39.5 Å². The van der Waals surface area contributed by atoms with E-state index in [0.717, 1.165) is 85.8 Å². The van der Waals surface area contributed by atoms with Gasteiger partial charge in [0, 0.05) is 38.3 Å². The molecule has 3 N–H and O–H groups in total. The molecule has 0 spiro atoms. The Labute approximate surface area is 257 Å². The minimum atomic E-state index is -0.134. The number of nitrogens with one attached hydrogen (secondary N) is 1. The number of hydrogen-bond donors (Lipinski definition) is 2. The van der Waals surface area contributed by atoms with Crippen LogP contribution >= 0.6 is 15.9 Å². The van der Waals surface area contributed by atoms with E-state index in [2.05, 4.69) is 65.1 Å². The van der Waals surface area contributed by atoms with Crippen molar-refractivity contribution in [2.24, 2.45) is 0 Å². The fourth-order valence-electron chi connectivity index (χ4n) is 5.02. The maximum atomic E-state index is 12.6. The molecule has 0 bridgehead atoms. The van der Waals surface area contributed by atoms with Crippen LogP contribution in [0.4, 0.5) is 11.6 Å². The molecule has 1 aliphatic rings. The molecule has 224 valence electrons. The van der Waals surface area contributed by atoms with Crippen molar-refractivity contribution in [3.8, 4) is 5.75 Å². The Morgan fingerprint density at radius 2 is 1.86 bits per heavy atom. The zero-order valence-electron chi connectivity index (χ0n) is 24.4. The first-order valence-electron chi connectivity index (χ1n) is 14.9. The lowest BCUT2D eigenvalue weighted by molar-refractivity contribution is -0.117. The molecule has 0 aliphatic carbocycles. The molecule has 1 unspecified atom stereocenters. The Kier molecular flexibility index (Phi) is 12.6. The molecule has 0 radical (unpaired) electrons. The molecular weight excluding hydrogens is 594 g/mol. The highest BCUT2D eigenvalue weighted by atomic mass is 79.9. The van der Waals surface area contributed by atoms with E-state index in [1.165, 1.54) is 25.2 Å². The minimum Gasteiger partial charge on any atom is -0.494 e. The van der Waals surface area contributed by atoms with Crippen molar-refractivity contribution in [2.75, 3.05) is 50.0 Å². The maximum Gasteiger partial charge on any atom is 0.244 e. The fraction of sp³-hybridized carbons (Fsp3) is 0.438. The molecule has 2 aromatic heterocycles. The number of benzene rings is 1. The van der Waals surface area contributed by atoms with Crippen LogP contribution in [0.25, 0.3) is 6.08 Å². The number of halogens is 1. The first-order valence-corrected chi connectivity index (χ1v) is 15.7. The van der Waals surface area contributed by atoms with Crippen LogP contribution in [0.2, 0.25) is 0 Å². The molecule has 1 fully saturated rings. The third kappa shape index (κ3) is 10.4. The normalized spacial score (nSPS) is 14.7. The SMILES string of the molecule is CCCC(NC(=O)/C=C/c1cccc(Br)n1)c1ccc(OCCCCCCN2CCN(c3cc(N)ncn3)CC2)cc1. The number of anilines is 2. The second kappa shape index (κ2) is 16.8. The van der Waals surface area contributed by atoms with Gasteiger partial charge in [-0.2, -0.15) is 0 Å². The lowest BCUT2D eigenvalue weighted by Gasteiger charge is -2.35. The van der Waals surface area contributed by atoms with Crippen molar-refractivity contribution in [2.45, 2.75) is 51.5 Å². The summed E-state index contributed by atoms with van der Waals surface area (Å²) in [5, 5.41) is 3.12. The average molecular weight is 637 g/mol. The monoisotopic (exact) mass is 635 g/mol. The summed E-state index contributed by atoms with van der Waals surface area (Å²) >= 11 is 3.35. The summed E-state index contributed by atoms with van der Waals surface area (Å²) in [4.78, 5) is 30.0. The lowest BCUT2D eigenvalue weighted by Crippen LogP contribution is -2.46. The number of hydrogen-bond acceptors (Lipinski definition) is 8.